The Morgan fingerprint density at radius 3 is 2.80 bits per heavy atom. The maximum Gasteiger partial charge on any atom is 0.237 e. The van der Waals surface area contributed by atoms with Crippen LogP contribution in [0.15, 0.2) is 53.7 Å². The van der Waals surface area contributed by atoms with Crippen molar-refractivity contribution in [2.45, 2.75) is 37.4 Å². The van der Waals surface area contributed by atoms with Crippen LogP contribution < -0.4 is 19.5 Å². The van der Waals surface area contributed by atoms with Crippen LogP contribution in [0.4, 0.5) is 5.69 Å². The molecule has 1 amide bonds. The van der Waals surface area contributed by atoms with Crippen LogP contribution in [-0.2, 0) is 17.9 Å². The lowest BCUT2D eigenvalue weighted by atomic mass is 10.2. The Morgan fingerprint density at radius 1 is 1.20 bits per heavy atom. The van der Waals surface area contributed by atoms with Gasteiger partial charge >= 0.3 is 0 Å². The molecule has 1 unspecified atom stereocenters. The first kappa shape index (κ1) is 20.1. The fraction of sp³-hybridized carbons (Fsp3) is 0.286. The summed E-state index contributed by atoms with van der Waals surface area (Å²) in [6.45, 7) is 5.03. The third kappa shape index (κ3) is 4.51. The number of benzene rings is 2. The summed E-state index contributed by atoms with van der Waals surface area (Å²) in [4.78, 5) is 12.6. The van der Waals surface area contributed by atoms with Crippen LogP contribution in [0.5, 0.6) is 17.2 Å². The maximum absolute atomic E-state index is 12.6. The third-order valence-electron chi connectivity index (χ3n) is 4.51. The highest BCUT2D eigenvalue weighted by Gasteiger charge is 2.21. The zero-order valence-corrected chi connectivity index (χ0v) is 17.5. The van der Waals surface area contributed by atoms with Gasteiger partial charge in [-0.25, -0.2) is 0 Å². The summed E-state index contributed by atoms with van der Waals surface area (Å²) in [5.41, 5.74) is 0.658. The van der Waals surface area contributed by atoms with Crippen LogP contribution >= 0.6 is 11.8 Å². The number of para-hydroxylation sites is 1. The highest BCUT2D eigenvalue weighted by Crippen LogP contribution is 2.34. The van der Waals surface area contributed by atoms with Gasteiger partial charge in [0.05, 0.1) is 5.25 Å². The van der Waals surface area contributed by atoms with Crippen molar-refractivity contribution in [3.8, 4) is 17.2 Å². The first-order valence-electron chi connectivity index (χ1n) is 9.61. The molecule has 2 aromatic carbocycles. The van der Waals surface area contributed by atoms with E-state index in [-0.39, 0.29) is 18.0 Å². The standard InChI is InChI=1S/C21H22N4O4S/c1-3-25-19(12-27-16-7-5-4-6-8-16)23-24-21(25)30-14(2)20(26)22-15-9-10-17-18(11-15)29-13-28-17/h4-11,14H,3,12-13H2,1-2H3,(H,22,26). The lowest BCUT2D eigenvalue weighted by Crippen LogP contribution is -2.23. The molecule has 9 heteroatoms. The number of carbonyl (C=O) groups excluding carboxylic acids is 1. The lowest BCUT2D eigenvalue weighted by molar-refractivity contribution is -0.115. The van der Waals surface area contributed by atoms with Gasteiger partial charge in [-0.3, -0.25) is 4.79 Å². The molecule has 0 aliphatic carbocycles. The number of aromatic nitrogens is 3. The number of hydrogen-bond donors (Lipinski definition) is 1. The van der Waals surface area contributed by atoms with Crippen LogP contribution in [-0.4, -0.2) is 32.7 Å². The lowest BCUT2D eigenvalue weighted by Gasteiger charge is -2.13. The topological polar surface area (TPSA) is 87.5 Å². The van der Waals surface area contributed by atoms with Gasteiger partial charge in [-0.1, -0.05) is 30.0 Å². The van der Waals surface area contributed by atoms with E-state index in [2.05, 4.69) is 15.5 Å². The summed E-state index contributed by atoms with van der Waals surface area (Å²) in [5.74, 6) is 2.66. The second kappa shape index (κ2) is 9.08. The van der Waals surface area contributed by atoms with Gasteiger partial charge in [0.1, 0.15) is 12.4 Å². The highest BCUT2D eigenvalue weighted by molar-refractivity contribution is 8.00. The molecule has 4 rings (SSSR count). The van der Waals surface area contributed by atoms with Gasteiger partial charge in [0.2, 0.25) is 12.7 Å². The summed E-state index contributed by atoms with van der Waals surface area (Å²) >= 11 is 1.36. The van der Waals surface area contributed by atoms with Crippen molar-refractivity contribution in [3.05, 3.63) is 54.4 Å². The summed E-state index contributed by atoms with van der Waals surface area (Å²) in [6, 6.07) is 14.9. The molecule has 8 nitrogen and oxygen atoms in total. The van der Waals surface area contributed by atoms with E-state index in [0.29, 0.717) is 41.3 Å². The quantitative estimate of drug-likeness (QED) is 0.549. The summed E-state index contributed by atoms with van der Waals surface area (Å²) in [7, 11) is 0. The molecule has 0 spiro atoms. The first-order valence-corrected chi connectivity index (χ1v) is 10.5. The van der Waals surface area contributed by atoms with Crippen molar-refractivity contribution in [2.24, 2.45) is 0 Å². The zero-order chi connectivity index (χ0) is 20.9. The summed E-state index contributed by atoms with van der Waals surface area (Å²) in [6.07, 6.45) is 0. The number of anilines is 1. The molecule has 0 bridgehead atoms. The Kier molecular flexibility index (Phi) is 6.08. The van der Waals surface area contributed by atoms with E-state index in [1.54, 1.807) is 18.2 Å². The zero-order valence-electron chi connectivity index (χ0n) is 16.7. The Balaban J connectivity index is 1.38. The van der Waals surface area contributed by atoms with Gasteiger partial charge in [-0.15, -0.1) is 10.2 Å². The highest BCUT2D eigenvalue weighted by atomic mass is 32.2. The number of thioether (sulfide) groups is 1. The predicted octanol–water partition coefficient (Wildman–Crippen LogP) is 3.73. The molecule has 1 N–H and O–H groups in total. The molecular weight excluding hydrogens is 404 g/mol. The van der Waals surface area contributed by atoms with Crippen LogP contribution in [0.3, 0.4) is 0 Å². The van der Waals surface area contributed by atoms with Crippen LogP contribution in [0, 0.1) is 0 Å². The molecular formula is C21H22N4O4S. The normalized spacial score (nSPS) is 13.1. The van der Waals surface area contributed by atoms with E-state index >= 15 is 0 Å². The Bertz CT molecular complexity index is 1030. The molecule has 2 heterocycles. The van der Waals surface area contributed by atoms with Gasteiger partial charge in [-0.05, 0) is 38.1 Å². The van der Waals surface area contributed by atoms with Crippen molar-refractivity contribution in [1.82, 2.24) is 14.8 Å². The van der Waals surface area contributed by atoms with Gasteiger partial charge in [0.25, 0.3) is 0 Å². The van der Waals surface area contributed by atoms with E-state index in [9.17, 15) is 4.79 Å². The minimum Gasteiger partial charge on any atom is -0.486 e. The van der Waals surface area contributed by atoms with Gasteiger partial charge in [0, 0.05) is 18.3 Å². The van der Waals surface area contributed by atoms with Crippen LogP contribution in [0.1, 0.15) is 19.7 Å². The Labute approximate surface area is 178 Å². The number of carbonyl (C=O) groups is 1. The Hall–Kier alpha value is -3.20. The number of ether oxygens (including phenoxy) is 3. The number of fused-ring (bicyclic) bond motifs is 1. The van der Waals surface area contributed by atoms with Crippen molar-refractivity contribution in [3.63, 3.8) is 0 Å². The Morgan fingerprint density at radius 2 is 2.00 bits per heavy atom. The van der Waals surface area contributed by atoms with Gasteiger partial charge < -0.3 is 24.1 Å². The van der Waals surface area contributed by atoms with E-state index in [0.717, 1.165) is 5.75 Å². The SMILES string of the molecule is CCn1c(COc2ccccc2)nnc1SC(C)C(=O)Nc1ccc2c(c1)OCO2. The molecule has 0 radical (unpaired) electrons. The molecule has 156 valence electrons. The number of amides is 1. The molecule has 0 saturated heterocycles. The van der Waals surface area contributed by atoms with E-state index < -0.39 is 0 Å². The van der Waals surface area contributed by atoms with Gasteiger partial charge in [-0.2, -0.15) is 0 Å². The van der Waals surface area contributed by atoms with Crippen molar-refractivity contribution < 1.29 is 19.0 Å². The number of rotatable bonds is 8. The number of nitrogens with one attached hydrogen (secondary N) is 1. The van der Waals surface area contributed by atoms with E-state index in [1.807, 2.05) is 48.7 Å². The molecule has 1 aromatic heterocycles. The molecule has 1 atom stereocenters. The fourth-order valence-corrected chi connectivity index (χ4v) is 3.86. The van der Waals surface area contributed by atoms with Crippen LogP contribution in [0.2, 0.25) is 0 Å². The summed E-state index contributed by atoms with van der Waals surface area (Å²) in [5, 5.41) is 11.7. The van der Waals surface area contributed by atoms with E-state index in [1.165, 1.54) is 11.8 Å². The smallest absolute Gasteiger partial charge is 0.237 e. The molecule has 30 heavy (non-hydrogen) atoms. The summed E-state index contributed by atoms with van der Waals surface area (Å²) < 4.78 is 18.4. The molecule has 0 saturated carbocycles. The number of hydrogen-bond acceptors (Lipinski definition) is 7. The monoisotopic (exact) mass is 426 g/mol. The molecule has 1 aliphatic heterocycles. The molecule has 3 aromatic rings. The molecule has 0 fully saturated rings. The minimum atomic E-state index is -0.368. The largest absolute Gasteiger partial charge is 0.486 e. The maximum atomic E-state index is 12.6. The minimum absolute atomic E-state index is 0.133. The number of nitrogens with zero attached hydrogens (tertiary/aromatic N) is 3. The van der Waals surface area contributed by atoms with Crippen molar-refractivity contribution >= 4 is 23.4 Å². The second-order valence-corrected chi connectivity index (χ2v) is 7.87. The van der Waals surface area contributed by atoms with Gasteiger partial charge in [0.15, 0.2) is 22.5 Å². The van der Waals surface area contributed by atoms with Crippen molar-refractivity contribution in [2.75, 3.05) is 12.1 Å². The van der Waals surface area contributed by atoms with E-state index in [4.69, 9.17) is 14.2 Å². The average molecular weight is 426 g/mol. The predicted molar refractivity (Wildman–Crippen MR) is 113 cm³/mol. The average Bonchev–Trinajstić information content (AvgIpc) is 3.39. The molecule has 1 aliphatic rings. The third-order valence-corrected chi connectivity index (χ3v) is 5.59. The first-order chi connectivity index (χ1) is 14.6. The van der Waals surface area contributed by atoms with Crippen LogP contribution in [0.25, 0.3) is 0 Å². The van der Waals surface area contributed by atoms with Crippen molar-refractivity contribution in [1.29, 1.82) is 0 Å². The fourth-order valence-electron chi connectivity index (χ4n) is 2.93. The second-order valence-electron chi connectivity index (χ2n) is 6.56.